The molecular weight excluding hydrogens is 810 g/mol. The number of phosphoric ester groups is 1. The Kier molecular flexibility index (Phi) is 44.5. The number of carbonyl (C=O) groups excluding carboxylic acids is 2. The molecule has 0 amide bonds. The van der Waals surface area contributed by atoms with Crippen LogP contribution in [0.3, 0.4) is 0 Å². The molecule has 2 atom stereocenters. The fourth-order valence-electron chi connectivity index (χ4n) is 7.58. The Morgan fingerprint density at radius 2 is 0.857 bits per heavy atom. The van der Waals surface area contributed by atoms with Crippen LogP contribution in [0.5, 0.6) is 0 Å². The number of hydrogen-bond donors (Lipinski definition) is 1. The minimum absolute atomic E-state index is 0.0331. The fourth-order valence-corrected chi connectivity index (χ4v) is 8.32. The molecule has 0 bridgehead atoms. The maximum atomic E-state index is 12.8. The highest BCUT2D eigenvalue weighted by Gasteiger charge is 2.27. The van der Waals surface area contributed by atoms with Crippen molar-refractivity contribution in [2.45, 2.75) is 258 Å². The number of nitrogens with zero attached hydrogens (tertiary/aromatic N) is 1. The summed E-state index contributed by atoms with van der Waals surface area (Å²) in [6, 6.07) is 0. The van der Waals surface area contributed by atoms with Crippen LogP contribution in [0.25, 0.3) is 0 Å². The van der Waals surface area contributed by atoms with E-state index in [4.69, 9.17) is 18.5 Å². The first-order valence-corrected chi connectivity index (χ1v) is 28.1. The van der Waals surface area contributed by atoms with E-state index < -0.39 is 26.5 Å². The van der Waals surface area contributed by atoms with Crippen molar-refractivity contribution in [3.05, 3.63) is 24.3 Å². The zero-order valence-electron chi connectivity index (χ0n) is 42.1. The lowest BCUT2D eigenvalue weighted by Crippen LogP contribution is -2.37. The number of allylic oxidation sites excluding steroid dienone is 4. The van der Waals surface area contributed by atoms with Gasteiger partial charge >= 0.3 is 19.8 Å². The molecule has 10 heteroatoms. The second kappa shape index (κ2) is 45.6. The van der Waals surface area contributed by atoms with Gasteiger partial charge in [-0.25, -0.2) is 4.57 Å². The van der Waals surface area contributed by atoms with E-state index in [2.05, 4.69) is 38.2 Å². The molecule has 0 rings (SSSR count). The Bertz CT molecular complexity index is 1120. The number of carbonyl (C=O) groups is 2. The van der Waals surface area contributed by atoms with Crippen LogP contribution in [0.1, 0.15) is 251 Å². The summed E-state index contributed by atoms with van der Waals surface area (Å²) in [6.07, 6.45) is 52.2. The Hall–Kier alpha value is -1.51. The van der Waals surface area contributed by atoms with E-state index in [0.717, 1.165) is 44.9 Å². The van der Waals surface area contributed by atoms with Gasteiger partial charge in [-0.15, -0.1) is 0 Å². The van der Waals surface area contributed by atoms with Crippen LogP contribution >= 0.6 is 7.82 Å². The van der Waals surface area contributed by atoms with Gasteiger partial charge in [-0.1, -0.05) is 218 Å². The van der Waals surface area contributed by atoms with E-state index in [-0.39, 0.29) is 25.6 Å². The van der Waals surface area contributed by atoms with Gasteiger partial charge in [0.05, 0.1) is 27.7 Å². The topological polar surface area (TPSA) is 108 Å². The predicted molar refractivity (Wildman–Crippen MR) is 266 cm³/mol. The quantitative estimate of drug-likeness (QED) is 0.0211. The maximum Gasteiger partial charge on any atom is 0.472 e. The minimum atomic E-state index is -4.38. The van der Waals surface area contributed by atoms with Gasteiger partial charge in [0.25, 0.3) is 0 Å². The number of ether oxygens (including phenoxy) is 2. The molecule has 0 aromatic carbocycles. The van der Waals surface area contributed by atoms with Crippen molar-refractivity contribution in [1.29, 1.82) is 0 Å². The third-order valence-corrected chi connectivity index (χ3v) is 12.7. The summed E-state index contributed by atoms with van der Waals surface area (Å²) in [6.45, 7) is 4.46. The summed E-state index contributed by atoms with van der Waals surface area (Å²) in [4.78, 5) is 35.6. The molecule has 372 valence electrons. The second-order valence-electron chi connectivity index (χ2n) is 19.3. The van der Waals surface area contributed by atoms with Crippen LogP contribution in [0.4, 0.5) is 0 Å². The monoisotopic (exact) mass is 913 g/mol. The smallest absolute Gasteiger partial charge is 0.462 e. The van der Waals surface area contributed by atoms with Crippen molar-refractivity contribution >= 4 is 19.8 Å². The molecule has 2 unspecified atom stereocenters. The third-order valence-electron chi connectivity index (χ3n) is 11.7. The SMILES string of the molecule is CCCCCCC/C=C\C/C=C\CCCCCCCCCCCC(=O)OC(COC(=O)CCCCCCCCCCCCCCCCCCCC)COP(=O)(O)OCC[N+](C)(C)C. The first-order valence-electron chi connectivity index (χ1n) is 26.6. The molecule has 0 aromatic rings. The van der Waals surface area contributed by atoms with Crippen LogP contribution in [-0.2, 0) is 32.7 Å². The first kappa shape index (κ1) is 61.5. The average molecular weight is 913 g/mol. The number of rotatable bonds is 49. The highest BCUT2D eigenvalue weighted by Crippen LogP contribution is 2.43. The van der Waals surface area contributed by atoms with Crippen molar-refractivity contribution in [3.63, 3.8) is 0 Å². The van der Waals surface area contributed by atoms with E-state index in [1.165, 1.54) is 173 Å². The van der Waals surface area contributed by atoms with E-state index in [9.17, 15) is 19.0 Å². The fraction of sp³-hybridized carbons (Fsp3) is 0.887. The summed E-state index contributed by atoms with van der Waals surface area (Å²) in [5.41, 5.74) is 0. The van der Waals surface area contributed by atoms with Crippen LogP contribution in [-0.4, -0.2) is 74.9 Å². The molecule has 0 heterocycles. The van der Waals surface area contributed by atoms with Crippen LogP contribution in [0, 0.1) is 0 Å². The lowest BCUT2D eigenvalue weighted by Gasteiger charge is -2.24. The minimum Gasteiger partial charge on any atom is -0.462 e. The lowest BCUT2D eigenvalue weighted by atomic mass is 10.0. The molecule has 0 spiro atoms. The molecule has 0 aromatic heterocycles. The molecule has 0 saturated carbocycles. The Labute approximate surface area is 389 Å². The Balaban J connectivity index is 4.22. The van der Waals surface area contributed by atoms with E-state index >= 15 is 0 Å². The van der Waals surface area contributed by atoms with Gasteiger partial charge < -0.3 is 18.9 Å². The lowest BCUT2D eigenvalue weighted by molar-refractivity contribution is -0.870. The molecule has 0 aliphatic rings. The molecule has 0 aliphatic heterocycles. The van der Waals surface area contributed by atoms with Crippen molar-refractivity contribution in [3.8, 4) is 0 Å². The van der Waals surface area contributed by atoms with Gasteiger partial charge in [-0.3, -0.25) is 18.6 Å². The number of unbranched alkanes of at least 4 members (excludes halogenated alkanes) is 31. The summed E-state index contributed by atoms with van der Waals surface area (Å²) in [7, 11) is 1.48. The number of esters is 2. The van der Waals surface area contributed by atoms with Crippen LogP contribution in [0.15, 0.2) is 24.3 Å². The zero-order chi connectivity index (χ0) is 46.4. The van der Waals surface area contributed by atoms with Gasteiger partial charge in [-0.2, -0.15) is 0 Å². The summed E-state index contributed by atoms with van der Waals surface area (Å²) >= 11 is 0. The summed E-state index contributed by atoms with van der Waals surface area (Å²) in [5.74, 6) is -0.789. The Morgan fingerprint density at radius 1 is 0.492 bits per heavy atom. The van der Waals surface area contributed by atoms with Gasteiger partial charge in [0, 0.05) is 12.8 Å². The molecule has 0 saturated heterocycles. The predicted octanol–water partition coefficient (Wildman–Crippen LogP) is 15.9. The number of likely N-dealkylation sites (N-methyl/N-ethyl adjacent to an activating group) is 1. The van der Waals surface area contributed by atoms with E-state index in [0.29, 0.717) is 23.9 Å². The molecule has 9 nitrogen and oxygen atoms in total. The number of phosphoric acid groups is 1. The van der Waals surface area contributed by atoms with Gasteiger partial charge in [-0.05, 0) is 44.9 Å². The van der Waals surface area contributed by atoms with Crippen molar-refractivity contribution < 1.29 is 42.1 Å². The standard InChI is InChI=1S/C53H102NO8P/c1-6-8-10-12-14-16-18-20-22-24-26-27-28-30-32-34-36-38-40-42-44-46-53(56)62-51(50-61-63(57,58)60-48-47-54(3,4)5)49-59-52(55)45-43-41-39-37-35-33-31-29-25-23-21-19-17-15-13-11-9-7-2/h18,20,24,26,51H,6-17,19,21-23,25,27-50H2,1-5H3/p+1/b20-18-,26-24-. The second-order valence-corrected chi connectivity index (χ2v) is 20.7. The molecule has 1 N–H and O–H groups in total. The van der Waals surface area contributed by atoms with Gasteiger partial charge in [0.15, 0.2) is 6.10 Å². The van der Waals surface area contributed by atoms with Crippen LogP contribution < -0.4 is 0 Å². The molecule has 0 aliphatic carbocycles. The van der Waals surface area contributed by atoms with Crippen molar-refractivity contribution in [1.82, 2.24) is 0 Å². The van der Waals surface area contributed by atoms with E-state index in [1.54, 1.807) is 0 Å². The maximum absolute atomic E-state index is 12.8. The number of quaternary nitrogens is 1. The van der Waals surface area contributed by atoms with Gasteiger partial charge in [0.1, 0.15) is 19.8 Å². The molecule has 0 fully saturated rings. The van der Waals surface area contributed by atoms with Crippen LogP contribution in [0.2, 0.25) is 0 Å². The Morgan fingerprint density at radius 3 is 1.25 bits per heavy atom. The highest BCUT2D eigenvalue weighted by molar-refractivity contribution is 7.47. The molecular formula is C53H103NO8P+. The largest absolute Gasteiger partial charge is 0.472 e. The normalized spacial score (nSPS) is 13.6. The number of hydrogen-bond acceptors (Lipinski definition) is 7. The molecule has 0 radical (unpaired) electrons. The van der Waals surface area contributed by atoms with Crippen molar-refractivity contribution in [2.75, 3.05) is 47.5 Å². The highest BCUT2D eigenvalue weighted by atomic mass is 31.2. The third kappa shape index (κ3) is 49.8. The van der Waals surface area contributed by atoms with Crippen molar-refractivity contribution in [2.24, 2.45) is 0 Å². The first-order chi connectivity index (χ1) is 30.5. The van der Waals surface area contributed by atoms with E-state index in [1.807, 2.05) is 21.1 Å². The average Bonchev–Trinajstić information content (AvgIpc) is 3.24. The summed E-state index contributed by atoms with van der Waals surface area (Å²) in [5, 5.41) is 0. The zero-order valence-corrected chi connectivity index (χ0v) is 43.0. The summed E-state index contributed by atoms with van der Waals surface area (Å²) < 4.78 is 34.5. The molecule has 63 heavy (non-hydrogen) atoms. The van der Waals surface area contributed by atoms with Gasteiger partial charge in [0.2, 0.25) is 0 Å².